The van der Waals surface area contributed by atoms with E-state index in [0.29, 0.717) is 24.7 Å². The molecule has 122 valence electrons. The highest BCUT2D eigenvalue weighted by Gasteiger charge is 2.23. The van der Waals surface area contributed by atoms with Crippen molar-refractivity contribution in [3.63, 3.8) is 0 Å². The van der Waals surface area contributed by atoms with Crippen LogP contribution in [0.25, 0.3) is 10.3 Å². The Hall–Kier alpha value is -2.00. The first-order chi connectivity index (χ1) is 11.2. The molecule has 0 radical (unpaired) electrons. The summed E-state index contributed by atoms with van der Waals surface area (Å²) in [6.07, 6.45) is 2.67. The number of aryl methyl sites for hydroxylation is 2. The lowest BCUT2D eigenvalue weighted by Crippen LogP contribution is -2.06. The van der Waals surface area contributed by atoms with Crippen molar-refractivity contribution in [2.45, 2.75) is 32.3 Å². The summed E-state index contributed by atoms with van der Waals surface area (Å²) in [4.78, 5) is 8.97. The lowest BCUT2D eigenvalue weighted by Gasteiger charge is -2.01. The van der Waals surface area contributed by atoms with Gasteiger partial charge in [0, 0.05) is 26.6 Å². The highest BCUT2D eigenvalue weighted by Crippen LogP contribution is 2.28. The Balaban J connectivity index is 1.36. The van der Waals surface area contributed by atoms with E-state index >= 15 is 0 Å². The summed E-state index contributed by atoms with van der Waals surface area (Å²) >= 11 is 1.62. The fourth-order valence-corrected chi connectivity index (χ4v) is 3.67. The van der Waals surface area contributed by atoms with Gasteiger partial charge in [0.05, 0.1) is 10.4 Å². The number of hydrogen-bond acceptors (Lipinski definition) is 8. The SMILES string of the molecule is Cc1nn(C)c2nc(NCCc3noc([C@@H]4CCCO4)n3)sc12. The maximum Gasteiger partial charge on any atom is 0.255 e. The van der Waals surface area contributed by atoms with Crippen LogP contribution in [0.15, 0.2) is 4.52 Å². The van der Waals surface area contributed by atoms with Crippen molar-refractivity contribution < 1.29 is 9.26 Å². The van der Waals surface area contributed by atoms with Gasteiger partial charge in [-0.1, -0.05) is 16.5 Å². The van der Waals surface area contributed by atoms with E-state index in [1.807, 2.05) is 14.0 Å². The first-order valence-corrected chi connectivity index (χ1v) is 8.50. The molecule has 3 aromatic heterocycles. The predicted molar refractivity (Wildman–Crippen MR) is 85.5 cm³/mol. The molecule has 0 saturated carbocycles. The van der Waals surface area contributed by atoms with Crippen LogP contribution in [0.4, 0.5) is 5.13 Å². The molecule has 0 aliphatic carbocycles. The van der Waals surface area contributed by atoms with Gasteiger partial charge in [-0.3, -0.25) is 0 Å². The first kappa shape index (κ1) is 14.6. The molecule has 0 aromatic carbocycles. The van der Waals surface area contributed by atoms with Crippen LogP contribution in [0.3, 0.4) is 0 Å². The summed E-state index contributed by atoms with van der Waals surface area (Å²) in [6.45, 7) is 3.48. The number of hydrogen-bond donors (Lipinski definition) is 1. The second-order valence-electron chi connectivity index (χ2n) is 5.61. The van der Waals surface area contributed by atoms with Gasteiger partial charge in [0.15, 0.2) is 16.6 Å². The third-order valence-electron chi connectivity index (χ3n) is 3.86. The van der Waals surface area contributed by atoms with Crippen molar-refractivity contribution in [1.82, 2.24) is 24.9 Å². The summed E-state index contributed by atoms with van der Waals surface area (Å²) in [5.74, 6) is 1.29. The van der Waals surface area contributed by atoms with E-state index in [9.17, 15) is 0 Å². The van der Waals surface area contributed by atoms with E-state index in [1.54, 1.807) is 16.0 Å². The van der Waals surface area contributed by atoms with Crippen molar-refractivity contribution in [3.05, 3.63) is 17.4 Å². The third kappa shape index (κ3) is 2.81. The Bertz CT molecular complexity index is 782. The molecule has 1 saturated heterocycles. The number of nitrogens with zero attached hydrogens (tertiary/aromatic N) is 5. The first-order valence-electron chi connectivity index (χ1n) is 7.69. The Morgan fingerprint density at radius 3 is 3.09 bits per heavy atom. The molecule has 0 amide bonds. The molecule has 1 N–H and O–H groups in total. The summed E-state index contributed by atoms with van der Waals surface area (Å²) in [6, 6.07) is 0. The van der Waals surface area contributed by atoms with Gasteiger partial charge >= 0.3 is 0 Å². The number of rotatable bonds is 5. The Morgan fingerprint density at radius 1 is 1.39 bits per heavy atom. The summed E-state index contributed by atoms with van der Waals surface area (Å²) in [5.41, 5.74) is 1.92. The number of ether oxygens (including phenoxy) is 1. The zero-order valence-corrected chi connectivity index (χ0v) is 13.9. The minimum Gasteiger partial charge on any atom is -0.368 e. The van der Waals surface area contributed by atoms with Crippen LogP contribution < -0.4 is 5.32 Å². The molecule has 8 nitrogen and oxygen atoms in total. The van der Waals surface area contributed by atoms with Gasteiger partial charge in [-0.05, 0) is 19.8 Å². The van der Waals surface area contributed by atoms with Crippen LogP contribution >= 0.6 is 11.3 Å². The molecule has 4 rings (SSSR count). The van der Waals surface area contributed by atoms with Crippen molar-refractivity contribution in [1.29, 1.82) is 0 Å². The smallest absolute Gasteiger partial charge is 0.255 e. The standard InChI is InChI=1S/C14H18N6O2S/c1-8-11-12(20(2)18-8)17-14(23-11)15-6-5-10-16-13(22-19-10)9-4-3-7-21-9/h9H,3-7H2,1-2H3,(H,15,17)/t9-/m0/s1. The number of fused-ring (bicyclic) bond motifs is 1. The van der Waals surface area contributed by atoms with Crippen LogP contribution in [0.5, 0.6) is 0 Å². The summed E-state index contributed by atoms with van der Waals surface area (Å²) < 4.78 is 13.8. The van der Waals surface area contributed by atoms with E-state index in [2.05, 4.69) is 25.5 Å². The minimum absolute atomic E-state index is 0.0241. The Morgan fingerprint density at radius 2 is 2.30 bits per heavy atom. The largest absolute Gasteiger partial charge is 0.368 e. The molecular formula is C14H18N6O2S. The molecule has 0 bridgehead atoms. The topological polar surface area (TPSA) is 90.9 Å². The van der Waals surface area contributed by atoms with Gasteiger partial charge in [0.2, 0.25) is 0 Å². The molecule has 3 aromatic rings. The third-order valence-corrected chi connectivity index (χ3v) is 4.97. The van der Waals surface area contributed by atoms with E-state index in [-0.39, 0.29) is 6.10 Å². The van der Waals surface area contributed by atoms with Gasteiger partial charge in [-0.15, -0.1) is 0 Å². The van der Waals surface area contributed by atoms with E-state index in [4.69, 9.17) is 9.26 Å². The monoisotopic (exact) mass is 334 g/mol. The van der Waals surface area contributed by atoms with E-state index in [1.165, 1.54) is 0 Å². The number of thiazole rings is 1. The van der Waals surface area contributed by atoms with Crippen molar-refractivity contribution in [2.75, 3.05) is 18.5 Å². The highest BCUT2D eigenvalue weighted by atomic mass is 32.1. The molecule has 1 aliphatic rings. The quantitative estimate of drug-likeness (QED) is 0.765. The molecule has 1 atom stereocenters. The highest BCUT2D eigenvalue weighted by molar-refractivity contribution is 7.22. The average Bonchev–Trinajstić information content (AvgIpc) is 3.28. The summed E-state index contributed by atoms with van der Waals surface area (Å²) in [7, 11) is 1.91. The second-order valence-corrected chi connectivity index (χ2v) is 6.61. The van der Waals surface area contributed by atoms with Crippen LogP contribution in [-0.2, 0) is 18.2 Å². The van der Waals surface area contributed by atoms with E-state index < -0.39 is 0 Å². The molecule has 1 fully saturated rings. The number of aromatic nitrogens is 5. The minimum atomic E-state index is -0.0241. The fourth-order valence-electron chi connectivity index (χ4n) is 2.71. The zero-order chi connectivity index (χ0) is 15.8. The van der Waals surface area contributed by atoms with Gasteiger partial charge in [-0.25, -0.2) is 9.67 Å². The maximum absolute atomic E-state index is 5.54. The molecule has 4 heterocycles. The second kappa shape index (κ2) is 5.89. The molecule has 23 heavy (non-hydrogen) atoms. The van der Waals surface area contributed by atoms with E-state index in [0.717, 1.165) is 40.6 Å². The van der Waals surface area contributed by atoms with Crippen molar-refractivity contribution in [3.8, 4) is 0 Å². The normalized spacial score (nSPS) is 18.1. The predicted octanol–water partition coefficient (Wildman–Crippen LogP) is 2.23. The van der Waals surface area contributed by atoms with Crippen LogP contribution in [0.2, 0.25) is 0 Å². The van der Waals surface area contributed by atoms with Crippen molar-refractivity contribution in [2.24, 2.45) is 7.05 Å². The summed E-state index contributed by atoms with van der Waals surface area (Å²) in [5, 5.41) is 12.6. The van der Waals surface area contributed by atoms with Gasteiger partial charge in [0.1, 0.15) is 6.10 Å². The number of anilines is 1. The number of nitrogens with one attached hydrogen (secondary N) is 1. The molecule has 1 aliphatic heterocycles. The molecule has 0 unspecified atom stereocenters. The van der Waals surface area contributed by atoms with Gasteiger partial charge in [-0.2, -0.15) is 10.1 Å². The van der Waals surface area contributed by atoms with Crippen molar-refractivity contribution >= 4 is 26.8 Å². The Kier molecular flexibility index (Phi) is 3.74. The zero-order valence-electron chi connectivity index (χ0n) is 13.1. The van der Waals surface area contributed by atoms with Gasteiger partial charge < -0.3 is 14.6 Å². The fraction of sp³-hybridized carbons (Fsp3) is 0.571. The maximum atomic E-state index is 5.54. The molecule has 9 heteroatoms. The van der Waals surface area contributed by atoms with Crippen LogP contribution in [0, 0.1) is 6.92 Å². The molecular weight excluding hydrogens is 316 g/mol. The molecule has 0 spiro atoms. The average molecular weight is 334 g/mol. The van der Waals surface area contributed by atoms with Crippen LogP contribution in [-0.4, -0.2) is 38.1 Å². The lowest BCUT2D eigenvalue weighted by molar-refractivity contribution is 0.0835. The lowest BCUT2D eigenvalue weighted by atomic mass is 10.2. The van der Waals surface area contributed by atoms with Gasteiger partial charge in [0.25, 0.3) is 5.89 Å². The van der Waals surface area contributed by atoms with Crippen LogP contribution in [0.1, 0.15) is 36.4 Å². The Labute approximate surface area is 136 Å².